The van der Waals surface area contributed by atoms with Gasteiger partial charge in [-0.1, -0.05) is 42.6 Å². The molecule has 0 aliphatic heterocycles. The van der Waals surface area contributed by atoms with Crippen molar-refractivity contribution in [2.45, 2.75) is 39.3 Å². The van der Waals surface area contributed by atoms with Crippen molar-refractivity contribution in [1.82, 2.24) is 5.32 Å². The molecule has 1 aromatic carbocycles. The molecule has 1 aromatic rings. The molecule has 0 heterocycles. The molecule has 1 unspecified atom stereocenters. The molecule has 1 N–H and O–H groups in total. The van der Waals surface area contributed by atoms with Crippen LogP contribution in [0.25, 0.3) is 0 Å². The van der Waals surface area contributed by atoms with Crippen LogP contribution < -0.4 is 5.32 Å². The molecule has 0 fully saturated rings. The first-order chi connectivity index (χ1) is 7.13. The van der Waals surface area contributed by atoms with Crippen molar-refractivity contribution in [2.24, 2.45) is 0 Å². The van der Waals surface area contributed by atoms with Crippen LogP contribution >= 0.6 is 23.2 Å². The third-order valence-electron chi connectivity index (χ3n) is 2.38. The van der Waals surface area contributed by atoms with Crippen molar-refractivity contribution in [2.75, 3.05) is 0 Å². The first-order valence-electron chi connectivity index (χ1n) is 5.30. The minimum atomic E-state index is 0.529. The first kappa shape index (κ1) is 12.8. The Morgan fingerprint density at radius 3 is 2.67 bits per heavy atom. The fourth-order valence-electron chi connectivity index (χ4n) is 1.48. The van der Waals surface area contributed by atoms with E-state index in [2.05, 4.69) is 19.2 Å². The highest BCUT2D eigenvalue weighted by Crippen LogP contribution is 2.20. The molecule has 0 saturated carbocycles. The van der Waals surface area contributed by atoms with Gasteiger partial charge in [-0.05, 0) is 31.0 Å². The smallest absolute Gasteiger partial charge is 0.0465 e. The summed E-state index contributed by atoms with van der Waals surface area (Å²) in [6.07, 6.45) is 2.38. The average Bonchev–Trinajstić information content (AvgIpc) is 2.17. The molecule has 0 amide bonds. The number of rotatable bonds is 5. The largest absolute Gasteiger partial charge is 0.310 e. The van der Waals surface area contributed by atoms with Crippen LogP contribution in [0.15, 0.2) is 18.2 Å². The highest BCUT2D eigenvalue weighted by atomic mass is 35.5. The molecule has 0 bridgehead atoms. The summed E-state index contributed by atoms with van der Waals surface area (Å²) >= 11 is 11.9. The second-order valence-electron chi connectivity index (χ2n) is 3.81. The predicted molar refractivity (Wildman–Crippen MR) is 67.7 cm³/mol. The zero-order valence-electron chi connectivity index (χ0n) is 9.19. The van der Waals surface area contributed by atoms with Crippen molar-refractivity contribution < 1.29 is 0 Å². The number of halogens is 2. The Bertz CT molecular complexity index is 312. The molecule has 1 nitrogen and oxygen atoms in total. The molecule has 0 aliphatic rings. The second-order valence-corrected chi connectivity index (χ2v) is 4.65. The van der Waals surface area contributed by atoms with E-state index in [0.717, 1.165) is 17.1 Å². The molecule has 0 aliphatic carbocycles. The van der Waals surface area contributed by atoms with Gasteiger partial charge in [-0.3, -0.25) is 0 Å². The van der Waals surface area contributed by atoms with Gasteiger partial charge < -0.3 is 5.32 Å². The molecular formula is C12H17Cl2N. The normalized spacial score (nSPS) is 12.8. The predicted octanol–water partition coefficient (Wildman–Crippen LogP) is 4.27. The molecule has 84 valence electrons. The van der Waals surface area contributed by atoms with Crippen LogP contribution in [0.5, 0.6) is 0 Å². The van der Waals surface area contributed by atoms with Crippen LogP contribution in [-0.2, 0) is 6.54 Å². The van der Waals surface area contributed by atoms with Gasteiger partial charge >= 0.3 is 0 Å². The second kappa shape index (κ2) is 6.37. The third kappa shape index (κ3) is 4.42. The van der Waals surface area contributed by atoms with Gasteiger partial charge in [0.15, 0.2) is 0 Å². The SMILES string of the molecule is CCCC(C)NCc1ccc(Cl)cc1Cl. The van der Waals surface area contributed by atoms with Crippen LogP contribution in [0.1, 0.15) is 32.3 Å². The van der Waals surface area contributed by atoms with Crippen molar-refractivity contribution >= 4 is 23.2 Å². The average molecular weight is 246 g/mol. The Hall–Kier alpha value is -0.240. The van der Waals surface area contributed by atoms with Gasteiger partial charge in [-0.25, -0.2) is 0 Å². The molecule has 0 aromatic heterocycles. The summed E-state index contributed by atoms with van der Waals surface area (Å²) in [6.45, 7) is 5.18. The van der Waals surface area contributed by atoms with Crippen LogP contribution in [0.3, 0.4) is 0 Å². The van der Waals surface area contributed by atoms with Crippen molar-refractivity contribution in [1.29, 1.82) is 0 Å². The highest BCUT2D eigenvalue weighted by molar-refractivity contribution is 6.35. The Morgan fingerprint density at radius 2 is 2.07 bits per heavy atom. The summed E-state index contributed by atoms with van der Waals surface area (Å²) in [6, 6.07) is 6.15. The number of nitrogens with one attached hydrogen (secondary N) is 1. The monoisotopic (exact) mass is 245 g/mol. The molecule has 0 spiro atoms. The lowest BCUT2D eigenvalue weighted by atomic mass is 10.1. The van der Waals surface area contributed by atoms with E-state index in [1.807, 2.05) is 12.1 Å². The van der Waals surface area contributed by atoms with Gasteiger partial charge in [0.05, 0.1) is 0 Å². The Balaban J connectivity index is 2.50. The summed E-state index contributed by atoms with van der Waals surface area (Å²) in [4.78, 5) is 0. The number of benzene rings is 1. The maximum atomic E-state index is 6.07. The molecule has 3 heteroatoms. The molecule has 15 heavy (non-hydrogen) atoms. The summed E-state index contributed by atoms with van der Waals surface area (Å²) in [5.41, 5.74) is 1.10. The fraction of sp³-hybridized carbons (Fsp3) is 0.500. The first-order valence-corrected chi connectivity index (χ1v) is 6.06. The quantitative estimate of drug-likeness (QED) is 0.817. The lowest BCUT2D eigenvalue weighted by Crippen LogP contribution is -2.25. The lowest BCUT2D eigenvalue weighted by Gasteiger charge is -2.13. The van der Waals surface area contributed by atoms with E-state index in [1.54, 1.807) is 6.07 Å². The summed E-state index contributed by atoms with van der Waals surface area (Å²) in [5, 5.41) is 4.85. The molecule has 0 saturated heterocycles. The van der Waals surface area contributed by atoms with Crippen molar-refractivity contribution in [3.63, 3.8) is 0 Å². The Labute approximate surface area is 102 Å². The van der Waals surface area contributed by atoms with E-state index in [1.165, 1.54) is 12.8 Å². The van der Waals surface area contributed by atoms with Gasteiger partial charge in [0.2, 0.25) is 0 Å². The van der Waals surface area contributed by atoms with E-state index in [-0.39, 0.29) is 0 Å². The van der Waals surface area contributed by atoms with Gasteiger partial charge in [-0.2, -0.15) is 0 Å². The van der Waals surface area contributed by atoms with Crippen LogP contribution in [0.2, 0.25) is 10.0 Å². The van der Waals surface area contributed by atoms with Gasteiger partial charge in [0, 0.05) is 22.6 Å². The van der Waals surface area contributed by atoms with Gasteiger partial charge in [0.25, 0.3) is 0 Å². The zero-order valence-corrected chi connectivity index (χ0v) is 10.7. The topological polar surface area (TPSA) is 12.0 Å². The third-order valence-corrected chi connectivity index (χ3v) is 2.96. The number of hydrogen-bond donors (Lipinski definition) is 1. The van der Waals surface area contributed by atoms with E-state index < -0.39 is 0 Å². The highest BCUT2D eigenvalue weighted by Gasteiger charge is 2.03. The Kier molecular flexibility index (Phi) is 5.44. The molecule has 0 radical (unpaired) electrons. The van der Waals surface area contributed by atoms with Crippen LogP contribution in [-0.4, -0.2) is 6.04 Å². The minimum Gasteiger partial charge on any atom is -0.310 e. The summed E-state index contributed by atoms with van der Waals surface area (Å²) < 4.78 is 0. The van der Waals surface area contributed by atoms with Crippen molar-refractivity contribution in [3.8, 4) is 0 Å². The van der Waals surface area contributed by atoms with E-state index in [9.17, 15) is 0 Å². The van der Waals surface area contributed by atoms with Gasteiger partial charge in [0.1, 0.15) is 0 Å². The summed E-state index contributed by atoms with van der Waals surface area (Å²) in [7, 11) is 0. The minimum absolute atomic E-state index is 0.529. The maximum absolute atomic E-state index is 6.07. The van der Waals surface area contributed by atoms with E-state index >= 15 is 0 Å². The molecule has 1 rings (SSSR count). The Morgan fingerprint density at radius 1 is 1.33 bits per heavy atom. The molecule has 1 atom stereocenters. The van der Waals surface area contributed by atoms with E-state index in [4.69, 9.17) is 23.2 Å². The van der Waals surface area contributed by atoms with Crippen LogP contribution in [0.4, 0.5) is 0 Å². The van der Waals surface area contributed by atoms with Crippen LogP contribution in [0, 0.1) is 0 Å². The molecular weight excluding hydrogens is 229 g/mol. The van der Waals surface area contributed by atoms with E-state index in [0.29, 0.717) is 11.1 Å². The fourth-order valence-corrected chi connectivity index (χ4v) is 1.96. The number of hydrogen-bond acceptors (Lipinski definition) is 1. The lowest BCUT2D eigenvalue weighted by molar-refractivity contribution is 0.508. The van der Waals surface area contributed by atoms with Crippen molar-refractivity contribution in [3.05, 3.63) is 33.8 Å². The summed E-state index contributed by atoms with van der Waals surface area (Å²) in [5.74, 6) is 0. The van der Waals surface area contributed by atoms with Gasteiger partial charge in [-0.15, -0.1) is 0 Å². The maximum Gasteiger partial charge on any atom is 0.0465 e. The standard InChI is InChI=1S/C12H17Cl2N/c1-3-4-9(2)15-8-10-5-6-11(13)7-12(10)14/h5-7,9,15H,3-4,8H2,1-2H3. The zero-order chi connectivity index (χ0) is 11.3.